The molecule has 6 rings (SSSR count). The molecule has 4 aromatic carbocycles. The number of carbonyl (C=O) groups excluding carboxylic acids is 1. The second-order valence-electron chi connectivity index (χ2n) is 12.6. The summed E-state index contributed by atoms with van der Waals surface area (Å²) < 4.78 is 6.46. The molecule has 4 nitrogen and oxygen atoms in total. The van der Waals surface area contributed by atoms with Gasteiger partial charge in [-0.1, -0.05) is 93.9 Å². The third kappa shape index (κ3) is 7.80. The fourth-order valence-electron chi connectivity index (χ4n) is 6.67. The first-order valence-corrected chi connectivity index (χ1v) is 16.9. The Balaban J connectivity index is 0.000000279. The zero-order valence-corrected chi connectivity index (χ0v) is 31.5. The first kappa shape index (κ1) is 36.8. The van der Waals surface area contributed by atoms with Crippen molar-refractivity contribution in [1.29, 1.82) is 0 Å². The monoisotopic (exact) mass is 817 g/mol. The Morgan fingerprint density at radius 1 is 0.771 bits per heavy atom. The van der Waals surface area contributed by atoms with Gasteiger partial charge in [-0.2, -0.15) is 0 Å². The van der Waals surface area contributed by atoms with Crippen molar-refractivity contribution in [2.24, 2.45) is 11.8 Å². The quantitative estimate of drug-likeness (QED) is 0.0944. The predicted molar refractivity (Wildman–Crippen MR) is 195 cm³/mol. The van der Waals surface area contributed by atoms with Crippen LogP contribution in [0.15, 0.2) is 90.7 Å². The van der Waals surface area contributed by atoms with E-state index in [-0.39, 0.29) is 43.5 Å². The topological polar surface area (TPSA) is 59.4 Å². The number of ketones is 1. The summed E-state index contributed by atoms with van der Waals surface area (Å²) >= 11 is 0. The standard InChI is InChI=1S/C30H22NO.C13H24O2.Ir/c1-18-14-19(2)30-20(3)16-26(31-27(30)15-18)21-12-13-25-23-9-5-4-8-22(23)24-10-6-7-11-28(24)32-29(25)17-21;1-5-10(6-2)12(14)9-13(15)11(7-3)8-4;/h4-11,13-17H,1-3H3;9-11,14H,5-8H2,1-4H3;/q-1;;/b;12-9-;. The summed E-state index contributed by atoms with van der Waals surface area (Å²) in [5.74, 6) is 2.24. The van der Waals surface area contributed by atoms with Crippen molar-refractivity contribution in [3.8, 4) is 45.0 Å². The van der Waals surface area contributed by atoms with Crippen molar-refractivity contribution in [3.63, 3.8) is 0 Å². The SMILES string of the molecule is CCC(CC)C(=O)/C=C(\O)C(CC)CC.Cc1cc(C)c2c(C)cc(-c3[c-]cc4c(c3)Oc3ccccc3-c3ccccc3-4)nc2c1.[Ir]. The van der Waals surface area contributed by atoms with Crippen LogP contribution in [0.2, 0.25) is 0 Å². The van der Waals surface area contributed by atoms with Crippen LogP contribution in [0.5, 0.6) is 11.5 Å². The maximum atomic E-state index is 11.7. The summed E-state index contributed by atoms with van der Waals surface area (Å²) in [4.78, 5) is 16.7. The van der Waals surface area contributed by atoms with Gasteiger partial charge in [-0.25, -0.2) is 0 Å². The maximum Gasteiger partial charge on any atom is 0.162 e. The number of para-hydroxylation sites is 1. The van der Waals surface area contributed by atoms with Crippen molar-refractivity contribution in [3.05, 3.63) is 113 Å². The summed E-state index contributed by atoms with van der Waals surface area (Å²) in [6, 6.07) is 30.8. The molecule has 0 saturated heterocycles. The number of pyridine rings is 1. The zero-order chi connectivity index (χ0) is 33.7. The van der Waals surface area contributed by atoms with E-state index >= 15 is 0 Å². The van der Waals surface area contributed by atoms with E-state index in [0.29, 0.717) is 0 Å². The summed E-state index contributed by atoms with van der Waals surface area (Å²) in [5, 5.41) is 11.0. The fraction of sp³-hybridized carbons (Fsp3) is 0.302. The third-order valence-electron chi connectivity index (χ3n) is 9.33. The van der Waals surface area contributed by atoms with Gasteiger partial charge in [-0.15, -0.1) is 17.7 Å². The predicted octanol–water partition coefficient (Wildman–Crippen LogP) is 11.9. The Labute approximate surface area is 299 Å². The van der Waals surface area contributed by atoms with Gasteiger partial charge in [-0.05, 0) is 92.1 Å². The van der Waals surface area contributed by atoms with Crippen LogP contribution in [0.25, 0.3) is 44.4 Å². The van der Waals surface area contributed by atoms with E-state index in [0.717, 1.165) is 70.6 Å². The van der Waals surface area contributed by atoms with Crippen molar-refractivity contribution < 1.29 is 34.7 Å². The molecule has 1 N–H and O–H groups in total. The van der Waals surface area contributed by atoms with Gasteiger partial charge < -0.3 is 9.84 Å². The van der Waals surface area contributed by atoms with Crippen LogP contribution in [-0.4, -0.2) is 15.9 Å². The van der Waals surface area contributed by atoms with Gasteiger partial charge in [0.15, 0.2) is 5.78 Å². The number of aliphatic hydroxyl groups is 1. The number of fused-ring (bicyclic) bond motifs is 6. The number of aryl methyl sites for hydroxylation is 3. The molecule has 251 valence electrons. The van der Waals surface area contributed by atoms with E-state index < -0.39 is 0 Å². The van der Waals surface area contributed by atoms with Crippen LogP contribution in [0, 0.1) is 38.7 Å². The Kier molecular flexibility index (Phi) is 12.5. The van der Waals surface area contributed by atoms with Gasteiger partial charge in [-0.3, -0.25) is 9.78 Å². The molecule has 0 amide bonds. The molecule has 0 aliphatic carbocycles. The van der Waals surface area contributed by atoms with Crippen molar-refractivity contribution in [2.75, 3.05) is 0 Å². The fourth-order valence-corrected chi connectivity index (χ4v) is 6.67. The zero-order valence-electron chi connectivity index (χ0n) is 29.1. The first-order chi connectivity index (χ1) is 22.7. The van der Waals surface area contributed by atoms with E-state index in [2.05, 4.69) is 87.5 Å². The summed E-state index contributed by atoms with van der Waals surface area (Å²) in [6.07, 6.45) is 4.91. The smallest absolute Gasteiger partial charge is 0.162 e. The van der Waals surface area contributed by atoms with Crippen molar-refractivity contribution in [2.45, 2.75) is 74.1 Å². The van der Waals surface area contributed by atoms with Crippen LogP contribution in [0.3, 0.4) is 0 Å². The number of benzene rings is 4. The normalized spacial score (nSPS) is 11.8. The maximum absolute atomic E-state index is 11.7. The van der Waals surface area contributed by atoms with Crippen LogP contribution < -0.4 is 4.74 Å². The number of ether oxygens (including phenoxy) is 1. The number of hydrogen-bond donors (Lipinski definition) is 1. The number of nitrogens with zero attached hydrogens (tertiary/aromatic N) is 1. The average Bonchev–Trinajstić information content (AvgIpc) is 3.20. The molecular formula is C43H46IrNO3-. The first-order valence-electron chi connectivity index (χ1n) is 16.9. The summed E-state index contributed by atoms with van der Waals surface area (Å²) in [6.45, 7) is 14.5. The average molecular weight is 817 g/mol. The van der Waals surface area contributed by atoms with E-state index in [1.54, 1.807) is 0 Å². The summed E-state index contributed by atoms with van der Waals surface area (Å²) in [5.41, 5.74) is 11.1. The van der Waals surface area contributed by atoms with Crippen LogP contribution in [-0.2, 0) is 24.9 Å². The van der Waals surface area contributed by atoms with Crippen molar-refractivity contribution in [1.82, 2.24) is 4.98 Å². The number of carbonyl (C=O) groups is 1. The Morgan fingerprint density at radius 2 is 1.35 bits per heavy atom. The molecule has 1 radical (unpaired) electrons. The molecule has 2 heterocycles. The number of rotatable bonds is 8. The molecular weight excluding hydrogens is 771 g/mol. The Bertz CT molecular complexity index is 1940. The number of hydrogen-bond acceptors (Lipinski definition) is 4. The van der Waals surface area contributed by atoms with Gasteiger partial charge in [0.2, 0.25) is 0 Å². The minimum Gasteiger partial charge on any atom is -0.512 e. The van der Waals surface area contributed by atoms with E-state index in [4.69, 9.17) is 9.72 Å². The van der Waals surface area contributed by atoms with E-state index in [9.17, 15) is 9.90 Å². The molecule has 0 fully saturated rings. The second-order valence-corrected chi connectivity index (χ2v) is 12.6. The van der Waals surface area contributed by atoms with Gasteiger partial charge in [0.25, 0.3) is 0 Å². The molecule has 0 bridgehead atoms. The Hall–Kier alpha value is -4.05. The number of allylic oxidation sites excluding steroid dienone is 2. The molecule has 1 aliphatic heterocycles. The molecule has 5 aromatic rings. The minimum absolute atomic E-state index is 0. The molecule has 1 aromatic heterocycles. The van der Waals surface area contributed by atoms with Crippen molar-refractivity contribution >= 4 is 16.7 Å². The third-order valence-corrected chi connectivity index (χ3v) is 9.33. The van der Waals surface area contributed by atoms with Gasteiger partial charge in [0, 0.05) is 49.0 Å². The largest absolute Gasteiger partial charge is 0.512 e. The van der Waals surface area contributed by atoms with E-state index in [1.807, 2.05) is 45.9 Å². The molecule has 0 atom stereocenters. The van der Waals surface area contributed by atoms with Crippen LogP contribution in [0.4, 0.5) is 0 Å². The molecule has 5 heteroatoms. The molecule has 0 spiro atoms. The van der Waals surface area contributed by atoms with Gasteiger partial charge >= 0.3 is 0 Å². The van der Waals surface area contributed by atoms with Crippen LogP contribution in [0.1, 0.15) is 70.1 Å². The minimum atomic E-state index is 0. The molecule has 0 unspecified atom stereocenters. The van der Waals surface area contributed by atoms with Gasteiger partial charge in [0.1, 0.15) is 5.75 Å². The number of aromatic nitrogens is 1. The number of aliphatic hydroxyl groups excluding tert-OH is 1. The molecule has 1 aliphatic rings. The van der Waals surface area contributed by atoms with Gasteiger partial charge in [0.05, 0.1) is 17.0 Å². The second kappa shape index (κ2) is 16.4. The van der Waals surface area contributed by atoms with E-state index in [1.165, 1.54) is 33.7 Å². The molecule has 0 saturated carbocycles. The van der Waals surface area contributed by atoms with Crippen LogP contribution >= 0.6 is 0 Å². The Morgan fingerprint density at radius 3 is 2.00 bits per heavy atom. The molecule has 48 heavy (non-hydrogen) atoms. The summed E-state index contributed by atoms with van der Waals surface area (Å²) in [7, 11) is 0.